The minimum absolute atomic E-state index is 0.803. The van der Waals surface area contributed by atoms with Gasteiger partial charge in [0.05, 0.1) is 0 Å². The van der Waals surface area contributed by atoms with Crippen molar-refractivity contribution in [2.75, 3.05) is 11.1 Å². The number of para-hydroxylation sites is 1. The zero-order valence-electron chi connectivity index (χ0n) is 12.0. The minimum Gasteiger partial charge on any atom is -0.398 e. The first-order valence-corrected chi connectivity index (χ1v) is 7.02. The van der Waals surface area contributed by atoms with Gasteiger partial charge in [-0.1, -0.05) is 48.5 Å². The number of hydrogen-bond acceptors (Lipinski definition) is 2. The molecule has 3 aromatic carbocycles. The molecule has 21 heavy (non-hydrogen) atoms. The molecule has 0 aliphatic carbocycles. The van der Waals surface area contributed by atoms with Crippen LogP contribution in [-0.4, -0.2) is 0 Å². The summed E-state index contributed by atoms with van der Waals surface area (Å²) in [6.45, 7) is 2.10. The second-order valence-electron chi connectivity index (χ2n) is 5.06. The Kier molecular flexibility index (Phi) is 3.61. The molecular weight excluding hydrogens is 256 g/mol. The van der Waals surface area contributed by atoms with Crippen molar-refractivity contribution in [2.45, 2.75) is 6.92 Å². The molecule has 0 heterocycles. The lowest BCUT2D eigenvalue weighted by Crippen LogP contribution is -1.98. The smallest absolute Gasteiger partial charge is 0.0421 e. The molecule has 0 spiro atoms. The lowest BCUT2D eigenvalue weighted by molar-refractivity contribution is 1.42. The fourth-order valence-corrected chi connectivity index (χ4v) is 2.53. The second-order valence-corrected chi connectivity index (χ2v) is 5.06. The Bertz CT molecular complexity index is 734. The molecule has 0 saturated heterocycles. The van der Waals surface area contributed by atoms with E-state index >= 15 is 0 Å². The molecule has 0 amide bonds. The van der Waals surface area contributed by atoms with Crippen molar-refractivity contribution in [3.8, 4) is 11.1 Å². The van der Waals surface area contributed by atoms with Crippen LogP contribution in [0.25, 0.3) is 11.1 Å². The highest BCUT2D eigenvalue weighted by molar-refractivity contribution is 5.85. The normalized spacial score (nSPS) is 10.3. The summed E-state index contributed by atoms with van der Waals surface area (Å²) in [6, 6.07) is 24.4. The second kappa shape index (κ2) is 5.71. The van der Waals surface area contributed by atoms with Crippen LogP contribution in [0.4, 0.5) is 17.1 Å². The van der Waals surface area contributed by atoms with Gasteiger partial charge in [0.2, 0.25) is 0 Å². The van der Waals surface area contributed by atoms with Crippen LogP contribution < -0.4 is 11.1 Å². The Morgan fingerprint density at radius 3 is 2.05 bits per heavy atom. The summed E-state index contributed by atoms with van der Waals surface area (Å²) in [7, 11) is 0. The van der Waals surface area contributed by atoms with E-state index in [9.17, 15) is 0 Å². The molecule has 2 heteroatoms. The molecular formula is C19H18N2. The van der Waals surface area contributed by atoms with Crippen molar-refractivity contribution in [3.05, 3.63) is 78.4 Å². The van der Waals surface area contributed by atoms with E-state index in [2.05, 4.69) is 36.5 Å². The zero-order valence-corrected chi connectivity index (χ0v) is 12.0. The minimum atomic E-state index is 0.803. The topological polar surface area (TPSA) is 38.0 Å². The third kappa shape index (κ3) is 2.75. The van der Waals surface area contributed by atoms with Gasteiger partial charge in [0.15, 0.2) is 0 Å². The predicted molar refractivity (Wildman–Crippen MR) is 90.8 cm³/mol. The molecule has 0 radical (unpaired) electrons. The molecule has 0 aliphatic heterocycles. The molecule has 3 rings (SSSR count). The molecule has 3 aromatic rings. The number of benzene rings is 3. The van der Waals surface area contributed by atoms with E-state index in [0.717, 1.165) is 33.8 Å². The summed E-state index contributed by atoms with van der Waals surface area (Å²) in [5.41, 5.74) is 12.5. The van der Waals surface area contributed by atoms with E-state index in [1.165, 1.54) is 0 Å². The van der Waals surface area contributed by atoms with E-state index in [0.29, 0.717) is 0 Å². The van der Waals surface area contributed by atoms with E-state index in [1.807, 2.05) is 48.5 Å². The van der Waals surface area contributed by atoms with Crippen molar-refractivity contribution in [3.63, 3.8) is 0 Å². The average Bonchev–Trinajstić information content (AvgIpc) is 2.52. The Morgan fingerprint density at radius 1 is 0.762 bits per heavy atom. The summed E-state index contributed by atoms with van der Waals surface area (Å²) in [4.78, 5) is 0. The number of nitrogens with two attached hydrogens (primary N) is 1. The fourth-order valence-electron chi connectivity index (χ4n) is 2.53. The molecule has 104 valence electrons. The SMILES string of the molecule is Cc1c(Nc2ccccc2)ccc(N)c1-c1ccccc1. The van der Waals surface area contributed by atoms with Gasteiger partial charge in [-0.05, 0) is 42.3 Å². The van der Waals surface area contributed by atoms with Gasteiger partial charge < -0.3 is 11.1 Å². The molecule has 0 bridgehead atoms. The number of rotatable bonds is 3. The Morgan fingerprint density at radius 2 is 1.38 bits per heavy atom. The summed E-state index contributed by atoms with van der Waals surface area (Å²) in [6.07, 6.45) is 0. The summed E-state index contributed by atoms with van der Waals surface area (Å²) in [5, 5.41) is 3.45. The van der Waals surface area contributed by atoms with Gasteiger partial charge >= 0.3 is 0 Å². The van der Waals surface area contributed by atoms with E-state index in [4.69, 9.17) is 5.73 Å². The maximum Gasteiger partial charge on any atom is 0.0421 e. The predicted octanol–water partition coefficient (Wildman–Crippen LogP) is 4.99. The molecule has 2 nitrogen and oxygen atoms in total. The van der Waals surface area contributed by atoms with Gasteiger partial charge in [-0.3, -0.25) is 0 Å². The first-order chi connectivity index (χ1) is 10.3. The van der Waals surface area contributed by atoms with Crippen LogP contribution in [0.15, 0.2) is 72.8 Å². The molecule has 0 aliphatic rings. The van der Waals surface area contributed by atoms with Crippen molar-refractivity contribution in [1.82, 2.24) is 0 Å². The third-order valence-electron chi connectivity index (χ3n) is 3.61. The Balaban J connectivity index is 2.05. The first kappa shape index (κ1) is 13.3. The highest BCUT2D eigenvalue weighted by Gasteiger charge is 2.10. The monoisotopic (exact) mass is 274 g/mol. The van der Waals surface area contributed by atoms with Gasteiger partial charge in [0.1, 0.15) is 0 Å². The maximum absolute atomic E-state index is 6.19. The summed E-state index contributed by atoms with van der Waals surface area (Å²) >= 11 is 0. The lowest BCUT2D eigenvalue weighted by atomic mass is 9.97. The van der Waals surface area contributed by atoms with Crippen LogP contribution in [0.2, 0.25) is 0 Å². The number of anilines is 3. The fraction of sp³-hybridized carbons (Fsp3) is 0.0526. The maximum atomic E-state index is 6.19. The van der Waals surface area contributed by atoms with Gasteiger partial charge in [0.25, 0.3) is 0 Å². The van der Waals surface area contributed by atoms with Crippen molar-refractivity contribution in [1.29, 1.82) is 0 Å². The van der Waals surface area contributed by atoms with Crippen LogP contribution in [0.1, 0.15) is 5.56 Å². The van der Waals surface area contributed by atoms with E-state index in [-0.39, 0.29) is 0 Å². The van der Waals surface area contributed by atoms with Crippen LogP contribution >= 0.6 is 0 Å². The van der Waals surface area contributed by atoms with Crippen molar-refractivity contribution in [2.24, 2.45) is 0 Å². The number of hydrogen-bond donors (Lipinski definition) is 2. The molecule has 0 saturated carbocycles. The highest BCUT2D eigenvalue weighted by atomic mass is 14.9. The Labute approximate surface area is 125 Å². The van der Waals surface area contributed by atoms with Crippen LogP contribution in [0.3, 0.4) is 0 Å². The lowest BCUT2D eigenvalue weighted by Gasteiger charge is -2.16. The zero-order chi connectivity index (χ0) is 14.7. The van der Waals surface area contributed by atoms with Gasteiger partial charge in [-0.15, -0.1) is 0 Å². The highest BCUT2D eigenvalue weighted by Crippen LogP contribution is 2.34. The van der Waals surface area contributed by atoms with E-state index in [1.54, 1.807) is 0 Å². The van der Waals surface area contributed by atoms with Gasteiger partial charge in [0, 0.05) is 22.6 Å². The Hall–Kier alpha value is -2.74. The first-order valence-electron chi connectivity index (χ1n) is 7.02. The van der Waals surface area contributed by atoms with E-state index < -0.39 is 0 Å². The molecule has 0 atom stereocenters. The number of nitrogen functional groups attached to an aromatic ring is 1. The van der Waals surface area contributed by atoms with Crippen molar-refractivity contribution < 1.29 is 0 Å². The third-order valence-corrected chi connectivity index (χ3v) is 3.61. The molecule has 0 fully saturated rings. The molecule has 3 N–H and O–H groups in total. The molecule has 0 unspecified atom stereocenters. The largest absolute Gasteiger partial charge is 0.398 e. The molecule has 0 aromatic heterocycles. The average molecular weight is 274 g/mol. The quantitative estimate of drug-likeness (QED) is 0.660. The summed E-state index contributed by atoms with van der Waals surface area (Å²) < 4.78 is 0. The van der Waals surface area contributed by atoms with Gasteiger partial charge in [-0.2, -0.15) is 0 Å². The number of nitrogens with one attached hydrogen (secondary N) is 1. The van der Waals surface area contributed by atoms with Crippen LogP contribution in [-0.2, 0) is 0 Å². The van der Waals surface area contributed by atoms with Gasteiger partial charge in [-0.25, -0.2) is 0 Å². The standard InChI is InChI=1S/C19H18N2/c1-14-18(21-16-10-6-3-7-11-16)13-12-17(20)19(14)15-8-4-2-5-9-15/h2-13,21H,20H2,1H3. The summed E-state index contributed by atoms with van der Waals surface area (Å²) in [5.74, 6) is 0. The van der Waals surface area contributed by atoms with Crippen molar-refractivity contribution >= 4 is 17.1 Å². The van der Waals surface area contributed by atoms with Crippen LogP contribution in [0, 0.1) is 6.92 Å². The van der Waals surface area contributed by atoms with Crippen LogP contribution in [0.5, 0.6) is 0 Å².